The maximum absolute atomic E-state index is 12.2. The highest BCUT2D eigenvalue weighted by Crippen LogP contribution is 2.20. The van der Waals surface area contributed by atoms with E-state index in [9.17, 15) is 14.9 Å². The third kappa shape index (κ3) is 5.57. The molecule has 0 aliphatic carbocycles. The van der Waals surface area contributed by atoms with Crippen molar-refractivity contribution < 1.29 is 14.5 Å². The fraction of sp³-hybridized carbons (Fsp3) is 0.250. The van der Waals surface area contributed by atoms with Crippen LogP contribution in [0.1, 0.15) is 36.2 Å². The molecular weight excluding hydrogens is 318 g/mol. The quantitative estimate of drug-likeness (QED) is 0.296. The molecule has 0 atom stereocenters. The highest BCUT2D eigenvalue weighted by Gasteiger charge is 2.10. The van der Waals surface area contributed by atoms with Crippen LogP contribution in [-0.4, -0.2) is 17.3 Å². The maximum atomic E-state index is 12.2. The van der Waals surface area contributed by atoms with Crippen molar-refractivity contribution in [3.63, 3.8) is 0 Å². The van der Waals surface area contributed by atoms with Gasteiger partial charge in [0.15, 0.2) is 5.78 Å². The molecule has 25 heavy (non-hydrogen) atoms. The molecule has 2 aromatic rings. The van der Waals surface area contributed by atoms with E-state index in [4.69, 9.17) is 4.74 Å². The van der Waals surface area contributed by atoms with Crippen molar-refractivity contribution in [2.45, 2.75) is 20.3 Å². The number of benzene rings is 2. The summed E-state index contributed by atoms with van der Waals surface area (Å²) in [7, 11) is 0. The number of nitro groups is 1. The van der Waals surface area contributed by atoms with Crippen LogP contribution in [0.3, 0.4) is 0 Å². The Labute approximate surface area is 147 Å². The predicted octanol–water partition coefficient (Wildman–Crippen LogP) is 4.92. The topological polar surface area (TPSA) is 69.4 Å². The summed E-state index contributed by atoms with van der Waals surface area (Å²) in [5.74, 6) is 1.08. The second-order valence-corrected chi connectivity index (χ2v) is 6.07. The smallest absolute Gasteiger partial charge is 0.276 e. The largest absolute Gasteiger partial charge is 0.494 e. The van der Waals surface area contributed by atoms with Gasteiger partial charge < -0.3 is 4.74 Å². The molecule has 130 valence electrons. The number of nitro benzene ring substituents is 1. The lowest BCUT2D eigenvalue weighted by molar-refractivity contribution is -0.385. The Morgan fingerprint density at radius 3 is 2.48 bits per heavy atom. The third-order valence-electron chi connectivity index (χ3n) is 3.65. The van der Waals surface area contributed by atoms with Crippen LogP contribution in [0.25, 0.3) is 6.08 Å². The number of hydrogen-bond donors (Lipinski definition) is 0. The molecule has 0 unspecified atom stereocenters. The number of allylic oxidation sites excluding steroid dienone is 1. The molecule has 5 heteroatoms. The fourth-order valence-corrected chi connectivity index (χ4v) is 2.18. The summed E-state index contributed by atoms with van der Waals surface area (Å²) in [6.07, 6.45) is 3.78. The standard InChI is InChI=1S/C20H21NO4/c1-15(2)13-14-25-18-10-7-17(8-11-18)20(22)12-9-16-5-3-4-6-19(16)21(23)24/h3-12,15H,13-14H2,1-2H3/b12-9+. The van der Waals surface area contributed by atoms with Gasteiger partial charge in [-0.1, -0.05) is 26.0 Å². The van der Waals surface area contributed by atoms with E-state index < -0.39 is 4.92 Å². The zero-order chi connectivity index (χ0) is 18.2. The Bertz CT molecular complexity index is 764. The molecule has 2 rings (SSSR count). The number of hydrogen-bond acceptors (Lipinski definition) is 4. The summed E-state index contributed by atoms with van der Waals surface area (Å²) in [4.78, 5) is 22.7. The zero-order valence-electron chi connectivity index (χ0n) is 14.3. The molecule has 0 aliphatic heterocycles. The molecule has 0 aromatic heterocycles. The van der Waals surface area contributed by atoms with E-state index in [-0.39, 0.29) is 11.5 Å². The average molecular weight is 339 g/mol. The number of carbonyl (C=O) groups excluding carboxylic acids is 1. The molecule has 0 N–H and O–H groups in total. The molecule has 0 radical (unpaired) electrons. The van der Waals surface area contributed by atoms with Gasteiger partial charge >= 0.3 is 0 Å². The van der Waals surface area contributed by atoms with Gasteiger partial charge in [0.1, 0.15) is 5.75 Å². The van der Waals surface area contributed by atoms with Gasteiger partial charge in [-0.3, -0.25) is 14.9 Å². The fourth-order valence-electron chi connectivity index (χ4n) is 2.18. The minimum Gasteiger partial charge on any atom is -0.494 e. The Morgan fingerprint density at radius 1 is 1.16 bits per heavy atom. The molecule has 5 nitrogen and oxygen atoms in total. The Hall–Kier alpha value is -2.95. The summed E-state index contributed by atoms with van der Waals surface area (Å²) in [6.45, 7) is 4.91. The first-order valence-corrected chi connectivity index (χ1v) is 8.16. The van der Waals surface area contributed by atoms with Crippen molar-refractivity contribution in [2.75, 3.05) is 6.61 Å². The van der Waals surface area contributed by atoms with E-state index in [0.29, 0.717) is 23.7 Å². The van der Waals surface area contributed by atoms with E-state index >= 15 is 0 Å². The minimum absolute atomic E-state index is 0.0274. The number of carbonyl (C=O) groups is 1. The van der Waals surface area contributed by atoms with Crippen molar-refractivity contribution in [2.24, 2.45) is 5.92 Å². The third-order valence-corrected chi connectivity index (χ3v) is 3.65. The lowest BCUT2D eigenvalue weighted by Gasteiger charge is -2.08. The van der Waals surface area contributed by atoms with Gasteiger partial charge in [-0.15, -0.1) is 0 Å². The Balaban J connectivity index is 2.02. The molecule has 2 aromatic carbocycles. The number of nitrogens with zero attached hydrogens (tertiary/aromatic N) is 1. The lowest BCUT2D eigenvalue weighted by Crippen LogP contribution is -2.01. The summed E-state index contributed by atoms with van der Waals surface area (Å²) in [6, 6.07) is 13.2. The molecule has 0 spiro atoms. The normalized spacial score (nSPS) is 11.0. The average Bonchev–Trinajstić information content (AvgIpc) is 2.60. The highest BCUT2D eigenvalue weighted by molar-refractivity contribution is 6.07. The summed E-state index contributed by atoms with van der Waals surface area (Å²) >= 11 is 0. The van der Waals surface area contributed by atoms with Gasteiger partial charge in [-0.05, 0) is 54.8 Å². The van der Waals surface area contributed by atoms with Crippen LogP contribution < -0.4 is 4.74 Å². The highest BCUT2D eigenvalue weighted by atomic mass is 16.6. The van der Waals surface area contributed by atoms with Crippen LogP contribution in [0.15, 0.2) is 54.6 Å². The van der Waals surface area contributed by atoms with E-state index in [2.05, 4.69) is 13.8 Å². The summed E-state index contributed by atoms with van der Waals surface area (Å²) in [5, 5.41) is 11.0. The Kier molecular flexibility index (Phi) is 6.46. The lowest BCUT2D eigenvalue weighted by atomic mass is 10.1. The molecule has 0 heterocycles. The first kappa shape index (κ1) is 18.4. The molecule has 0 aliphatic rings. The van der Waals surface area contributed by atoms with Crippen LogP contribution in [0.4, 0.5) is 5.69 Å². The second kappa shape index (κ2) is 8.78. The van der Waals surface area contributed by atoms with Crippen molar-refractivity contribution >= 4 is 17.5 Å². The molecule has 0 fully saturated rings. The SMILES string of the molecule is CC(C)CCOc1ccc(C(=O)/C=C/c2ccccc2[N+](=O)[O-])cc1. The van der Waals surface area contributed by atoms with Crippen molar-refractivity contribution in [1.82, 2.24) is 0 Å². The van der Waals surface area contributed by atoms with Gasteiger partial charge in [-0.25, -0.2) is 0 Å². The predicted molar refractivity (Wildman–Crippen MR) is 97.9 cm³/mol. The van der Waals surface area contributed by atoms with Crippen LogP contribution in [-0.2, 0) is 0 Å². The number of rotatable bonds is 8. The van der Waals surface area contributed by atoms with Crippen molar-refractivity contribution in [1.29, 1.82) is 0 Å². The summed E-state index contributed by atoms with van der Waals surface area (Å²) < 4.78 is 5.62. The van der Waals surface area contributed by atoms with Crippen LogP contribution in [0.5, 0.6) is 5.75 Å². The van der Waals surface area contributed by atoms with Gasteiger partial charge in [0, 0.05) is 11.6 Å². The number of ketones is 1. The molecule has 0 amide bonds. The van der Waals surface area contributed by atoms with Crippen LogP contribution >= 0.6 is 0 Å². The minimum atomic E-state index is -0.465. The maximum Gasteiger partial charge on any atom is 0.276 e. The first-order chi connectivity index (χ1) is 12.0. The number of ether oxygens (including phenoxy) is 1. The molecular formula is C20H21NO4. The van der Waals surface area contributed by atoms with Crippen LogP contribution in [0, 0.1) is 16.0 Å². The van der Waals surface area contributed by atoms with Crippen molar-refractivity contribution in [3.8, 4) is 5.75 Å². The van der Waals surface area contributed by atoms with E-state index in [1.165, 1.54) is 18.2 Å². The molecule has 0 saturated heterocycles. The van der Waals surface area contributed by atoms with E-state index in [0.717, 1.165) is 12.2 Å². The van der Waals surface area contributed by atoms with Crippen LogP contribution in [0.2, 0.25) is 0 Å². The monoisotopic (exact) mass is 339 g/mol. The van der Waals surface area contributed by atoms with Gasteiger partial charge in [0.05, 0.1) is 17.1 Å². The second-order valence-electron chi connectivity index (χ2n) is 6.07. The molecule has 0 bridgehead atoms. The molecule has 0 saturated carbocycles. The van der Waals surface area contributed by atoms with Gasteiger partial charge in [0.2, 0.25) is 0 Å². The zero-order valence-corrected chi connectivity index (χ0v) is 14.3. The summed E-state index contributed by atoms with van der Waals surface area (Å²) in [5.41, 5.74) is 0.876. The first-order valence-electron chi connectivity index (χ1n) is 8.16. The van der Waals surface area contributed by atoms with E-state index in [1.54, 1.807) is 42.5 Å². The van der Waals surface area contributed by atoms with Gasteiger partial charge in [-0.2, -0.15) is 0 Å². The Morgan fingerprint density at radius 2 is 1.84 bits per heavy atom. The van der Waals surface area contributed by atoms with Gasteiger partial charge in [0.25, 0.3) is 5.69 Å². The van der Waals surface area contributed by atoms with E-state index in [1.807, 2.05) is 0 Å². The number of para-hydroxylation sites is 1. The van der Waals surface area contributed by atoms with Crippen molar-refractivity contribution in [3.05, 3.63) is 75.8 Å².